The van der Waals surface area contributed by atoms with Crippen LogP contribution >= 0.6 is 0 Å². The molecule has 1 aromatic carbocycles. The lowest BCUT2D eigenvalue weighted by Crippen LogP contribution is -2.52. The SMILES string of the molecule is Cc1cccc(N2CCN(CCC(=O)NC3(CN)CCCC3)CC2)c1. The number of hydrogen-bond donors (Lipinski definition) is 2. The van der Waals surface area contributed by atoms with Crippen LogP contribution in [0.2, 0.25) is 0 Å². The molecule has 1 saturated heterocycles. The summed E-state index contributed by atoms with van der Waals surface area (Å²) in [6.45, 7) is 7.63. The summed E-state index contributed by atoms with van der Waals surface area (Å²) in [6, 6.07) is 8.69. The highest BCUT2D eigenvalue weighted by molar-refractivity contribution is 5.77. The lowest BCUT2D eigenvalue weighted by atomic mass is 9.97. The summed E-state index contributed by atoms with van der Waals surface area (Å²) in [7, 11) is 0. The molecule has 0 atom stereocenters. The van der Waals surface area contributed by atoms with Crippen molar-refractivity contribution in [3.05, 3.63) is 29.8 Å². The Morgan fingerprint density at radius 1 is 1.20 bits per heavy atom. The van der Waals surface area contributed by atoms with Crippen molar-refractivity contribution in [1.82, 2.24) is 10.2 Å². The summed E-state index contributed by atoms with van der Waals surface area (Å²) in [5, 5.41) is 3.22. The quantitative estimate of drug-likeness (QED) is 0.827. The monoisotopic (exact) mass is 344 g/mol. The fourth-order valence-corrected chi connectivity index (χ4v) is 4.10. The van der Waals surface area contributed by atoms with E-state index < -0.39 is 0 Å². The molecule has 25 heavy (non-hydrogen) atoms. The zero-order chi connectivity index (χ0) is 17.7. The Labute approximate surface area is 151 Å². The molecule has 3 N–H and O–H groups in total. The van der Waals surface area contributed by atoms with Crippen LogP contribution < -0.4 is 16.0 Å². The minimum Gasteiger partial charge on any atom is -0.369 e. The summed E-state index contributed by atoms with van der Waals surface area (Å²) in [5.74, 6) is 0.161. The number of nitrogens with two attached hydrogens (primary N) is 1. The van der Waals surface area contributed by atoms with E-state index in [2.05, 4.69) is 46.3 Å². The second-order valence-electron chi connectivity index (χ2n) is 7.66. The maximum Gasteiger partial charge on any atom is 0.221 e. The van der Waals surface area contributed by atoms with Gasteiger partial charge in [-0.25, -0.2) is 0 Å². The molecule has 2 aliphatic rings. The normalized spacial score (nSPS) is 20.6. The van der Waals surface area contributed by atoms with Crippen molar-refractivity contribution in [2.24, 2.45) is 5.73 Å². The zero-order valence-electron chi connectivity index (χ0n) is 15.5. The van der Waals surface area contributed by atoms with E-state index in [4.69, 9.17) is 5.73 Å². The van der Waals surface area contributed by atoms with E-state index in [0.29, 0.717) is 13.0 Å². The summed E-state index contributed by atoms with van der Waals surface area (Å²) in [6.07, 6.45) is 5.00. The molecular weight excluding hydrogens is 312 g/mol. The third-order valence-corrected chi connectivity index (χ3v) is 5.75. The van der Waals surface area contributed by atoms with Crippen LogP contribution in [0.3, 0.4) is 0 Å². The fourth-order valence-electron chi connectivity index (χ4n) is 4.10. The molecule has 0 spiro atoms. The number of anilines is 1. The number of hydrogen-bond acceptors (Lipinski definition) is 4. The van der Waals surface area contributed by atoms with Crippen molar-refractivity contribution in [2.75, 3.05) is 44.2 Å². The van der Waals surface area contributed by atoms with Gasteiger partial charge in [0.25, 0.3) is 0 Å². The lowest BCUT2D eigenvalue weighted by Gasteiger charge is -2.36. The van der Waals surface area contributed by atoms with Crippen LogP contribution in [0.15, 0.2) is 24.3 Å². The lowest BCUT2D eigenvalue weighted by molar-refractivity contribution is -0.123. The Balaban J connectivity index is 1.41. The Bertz CT molecular complexity index is 575. The number of nitrogens with zero attached hydrogens (tertiary/aromatic N) is 2. The smallest absolute Gasteiger partial charge is 0.221 e. The van der Waals surface area contributed by atoms with Gasteiger partial charge in [0.2, 0.25) is 5.91 Å². The number of carbonyl (C=O) groups excluding carboxylic acids is 1. The maximum absolute atomic E-state index is 12.3. The topological polar surface area (TPSA) is 61.6 Å². The van der Waals surface area contributed by atoms with Gasteiger partial charge in [0.15, 0.2) is 0 Å². The fraction of sp³-hybridized carbons (Fsp3) is 0.650. The first-order chi connectivity index (χ1) is 12.1. The molecule has 0 aromatic heterocycles. The first-order valence-corrected chi connectivity index (χ1v) is 9.65. The minimum absolute atomic E-state index is 0.124. The van der Waals surface area contributed by atoms with Crippen LogP contribution in [-0.2, 0) is 4.79 Å². The second-order valence-corrected chi connectivity index (χ2v) is 7.66. The Morgan fingerprint density at radius 3 is 2.56 bits per heavy atom. The summed E-state index contributed by atoms with van der Waals surface area (Å²) in [5.41, 5.74) is 8.39. The van der Waals surface area contributed by atoms with E-state index in [1.54, 1.807) is 0 Å². The average Bonchev–Trinajstić information content (AvgIpc) is 3.09. The van der Waals surface area contributed by atoms with Gasteiger partial charge in [-0.3, -0.25) is 9.69 Å². The van der Waals surface area contributed by atoms with Crippen LogP contribution in [0, 0.1) is 6.92 Å². The molecule has 1 saturated carbocycles. The maximum atomic E-state index is 12.3. The average molecular weight is 345 g/mol. The van der Waals surface area contributed by atoms with Crippen molar-refractivity contribution in [2.45, 2.75) is 44.6 Å². The molecule has 1 aliphatic carbocycles. The highest BCUT2D eigenvalue weighted by Gasteiger charge is 2.33. The Kier molecular flexibility index (Phi) is 5.97. The van der Waals surface area contributed by atoms with Gasteiger partial charge in [-0.15, -0.1) is 0 Å². The van der Waals surface area contributed by atoms with Gasteiger partial charge in [0.1, 0.15) is 0 Å². The van der Waals surface area contributed by atoms with Gasteiger partial charge in [0, 0.05) is 51.4 Å². The van der Waals surface area contributed by atoms with Gasteiger partial charge in [-0.05, 0) is 37.5 Å². The van der Waals surface area contributed by atoms with E-state index in [9.17, 15) is 4.79 Å². The first-order valence-electron chi connectivity index (χ1n) is 9.65. The van der Waals surface area contributed by atoms with Crippen LogP contribution in [0.1, 0.15) is 37.7 Å². The molecular formula is C20H32N4O. The largest absolute Gasteiger partial charge is 0.369 e. The van der Waals surface area contributed by atoms with Crippen molar-refractivity contribution < 1.29 is 4.79 Å². The van der Waals surface area contributed by atoms with Crippen molar-refractivity contribution in [1.29, 1.82) is 0 Å². The number of amides is 1. The van der Waals surface area contributed by atoms with Gasteiger partial charge in [-0.1, -0.05) is 25.0 Å². The molecule has 1 heterocycles. The van der Waals surface area contributed by atoms with Crippen LogP contribution in [0.25, 0.3) is 0 Å². The van der Waals surface area contributed by atoms with Crippen LogP contribution in [0.4, 0.5) is 5.69 Å². The van der Waals surface area contributed by atoms with E-state index in [1.165, 1.54) is 24.1 Å². The molecule has 1 aromatic rings. The van der Waals surface area contributed by atoms with Crippen molar-refractivity contribution >= 4 is 11.6 Å². The molecule has 138 valence electrons. The van der Waals surface area contributed by atoms with Gasteiger partial charge in [-0.2, -0.15) is 0 Å². The number of piperazine rings is 1. The summed E-state index contributed by atoms with van der Waals surface area (Å²) >= 11 is 0. The molecule has 5 nitrogen and oxygen atoms in total. The minimum atomic E-state index is -0.124. The second kappa shape index (κ2) is 8.19. The standard InChI is InChI=1S/C20H32N4O/c1-17-5-4-6-18(15-17)24-13-11-23(12-14-24)10-7-19(25)22-20(16-21)8-2-3-9-20/h4-6,15H,2-3,7-14,16,21H2,1H3,(H,22,25). The molecule has 1 amide bonds. The highest BCUT2D eigenvalue weighted by Crippen LogP contribution is 2.28. The van der Waals surface area contributed by atoms with Gasteiger partial charge < -0.3 is 16.0 Å². The van der Waals surface area contributed by atoms with Crippen molar-refractivity contribution in [3.63, 3.8) is 0 Å². The first kappa shape index (κ1) is 18.2. The predicted octanol–water partition coefficient (Wildman–Crippen LogP) is 1.89. The molecule has 5 heteroatoms. The van der Waals surface area contributed by atoms with E-state index in [1.807, 2.05) is 0 Å². The molecule has 0 unspecified atom stereocenters. The molecule has 2 fully saturated rings. The van der Waals surface area contributed by atoms with E-state index in [-0.39, 0.29) is 11.4 Å². The number of nitrogens with one attached hydrogen (secondary N) is 1. The molecule has 0 bridgehead atoms. The number of carbonyl (C=O) groups is 1. The highest BCUT2D eigenvalue weighted by atomic mass is 16.1. The molecule has 3 rings (SSSR count). The summed E-state index contributed by atoms with van der Waals surface area (Å²) < 4.78 is 0. The van der Waals surface area contributed by atoms with E-state index >= 15 is 0 Å². The predicted molar refractivity (Wildman–Crippen MR) is 103 cm³/mol. The summed E-state index contributed by atoms with van der Waals surface area (Å²) in [4.78, 5) is 17.2. The Hall–Kier alpha value is -1.59. The van der Waals surface area contributed by atoms with E-state index in [0.717, 1.165) is 45.6 Å². The number of aryl methyl sites for hydroxylation is 1. The van der Waals surface area contributed by atoms with Crippen molar-refractivity contribution in [3.8, 4) is 0 Å². The number of benzene rings is 1. The third kappa shape index (κ3) is 4.73. The zero-order valence-corrected chi connectivity index (χ0v) is 15.5. The molecule has 1 aliphatic heterocycles. The Morgan fingerprint density at radius 2 is 1.92 bits per heavy atom. The number of rotatable bonds is 6. The third-order valence-electron chi connectivity index (χ3n) is 5.75. The van der Waals surface area contributed by atoms with Crippen LogP contribution in [0.5, 0.6) is 0 Å². The molecule has 0 radical (unpaired) electrons. The van der Waals surface area contributed by atoms with Gasteiger partial charge >= 0.3 is 0 Å². The van der Waals surface area contributed by atoms with Crippen LogP contribution in [-0.4, -0.2) is 55.6 Å². The van der Waals surface area contributed by atoms with Gasteiger partial charge in [0.05, 0.1) is 5.54 Å².